The number of hydrogen-bond donors (Lipinski definition) is 1. The van der Waals surface area contributed by atoms with E-state index in [1.54, 1.807) is 6.92 Å². The summed E-state index contributed by atoms with van der Waals surface area (Å²) in [5, 5.41) is 11.0. The maximum absolute atomic E-state index is 7.62. The lowest BCUT2D eigenvalue weighted by Gasteiger charge is -2.00. The first-order valence-electron chi connectivity index (χ1n) is 2.11. The van der Waals surface area contributed by atoms with Crippen molar-refractivity contribution in [2.45, 2.75) is 20.3 Å². The first kappa shape index (κ1) is 6.88. The zero-order valence-corrected chi connectivity index (χ0v) is 4.47. The quantitative estimate of drug-likeness (QED) is 0.435. The van der Waals surface area contributed by atoms with Gasteiger partial charge in [0.25, 0.3) is 0 Å². The molecule has 0 saturated heterocycles. The van der Waals surface area contributed by atoms with Crippen LogP contribution in [0.15, 0.2) is 0 Å². The Kier molecular flexibility index (Phi) is 3.98. The molecular weight excluding hydrogens is 96.0 g/mol. The molecule has 0 saturated carbocycles. The van der Waals surface area contributed by atoms with Crippen LogP contribution in [0.5, 0.6) is 0 Å². The molecule has 0 atom stereocenters. The summed E-state index contributed by atoms with van der Waals surface area (Å²) in [6.07, 6.45) is 1.41. The van der Waals surface area contributed by atoms with E-state index in [4.69, 9.17) is 5.26 Å². The minimum absolute atomic E-state index is 0.655. The molecule has 0 bridgehead atoms. The fourth-order valence-electron chi connectivity index (χ4n) is 0.123. The Hall–Kier alpha value is -0.120. The van der Waals surface area contributed by atoms with Gasteiger partial charge in [-0.15, -0.1) is 0 Å². The van der Waals surface area contributed by atoms with Gasteiger partial charge < -0.3 is 0 Å². The molecule has 0 spiro atoms. The van der Waals surface area contributed by atoms with E-state index in [2.05, 4.69) is 9.93 Å². The minimum Gasteiger partial charge on any atom is -0.221 e. The van der Waals surface area contributed by atoms with Crippen LogP contribution in [0.3, 0.4) is 0 Å². The molecule has 0 rings (SSSR count). The Morgan fingerprint density at radius 1 is 1.71 bits per heavy atom. The van der Waals surface area contributed by atoms with Crippen molar-refractivity contribution in [3.8, 4) is 0 Å². The summed E-state index contributed by atoms with van der Waals surface area (Å²) in [5.41, 5.74) is 0. The standard InChI is InChI=1S/C4H9O3/c1-3-4(2)6-7-5/h5H,3H2,1-2H3. The Labute approximate surface area is 42.7 Å². The first-order valence-corrected chi connectivity index (χ1v) is 2.11. The molecule has 0 aliphatic rings. The summed E-state index contributed by atoms with van der Waals surface area (Å²) in [4.78, 5) is 4.16. The lowest BCUT2D eigenvalue weighted by atomic mass is 10.3. The van der Waals surface area contributed by atoms with Gasteiger partial charge in [0.05, 0.1) is 0 Å². The molecule has 0 aromatic carbocycles. The summed E-state index contributed by atoms with van der Waals surface area (Å²) < 4.78 is 0. The fourth-order valence-corrected chi connectivity index (χ4v) is 0.123. The van der Waals surface area contributed by atoms with Gasteiger partial charge in [0.1, 0.15) is 6.10 Å². The molecule has 3 nitrogen and oxygen atoms in total. The van der Waals surface area contributed by atoms with Gasteiger partial charge in [0.2, 0.25) is 0 Å². The Morgan fingerprint density at radius 2 is 2.29 bits per heavy atom. The van der Waals surface area contributed by atoms with Gasteiger partial charge in [-0.2, -0.15) is 4.89 Å². The molecule has 0 fully saturated rings. The van der Waals surface area contributed by atoms with Crippen molar-refractivity contribution in [1.82, 2.24) is 0 Å². The van der Waals surface area contributed by atoms with Gasteiger partial charge in [0, 0.05) is 0 Å². The largest absolute Gasteiger partial charge is 0.221 e. The maximum Gasteiger partial charge on any atom is 0.135 e. The Bertz CT molecular complexity index is 37.9. The molecule has 0 aliphatic carbocycles. The first-order chi connectivity index (χ1) is 3.31. The number of hydrogen-bond acceptors (Lipinski definition) is 3. The number of rotatable bonds is 3. The normalized spacial score (nSPS) is 10.3. The van der Waals surface area contributed by atoms with Gasteiger partial charge in [-0.3, -0.25) is 0 Å². The van der Waals surface area contributed by atoms with Crippen LogP contribution in [0.2, 0.25) is 0 Å². The topological polar surface area (TPSA) is 38.7 Å². The fraction of sp³-hybridized carbons (Fsp3) is 0.750. The monoisotopic (exact) mass is 105 g/mol. The molecular formula is C4H9O3. The highest BCUT2D eigenvalue weighted by atomic mass is 17.5. The van der Waals surface area contributed by atoms with E-state index in [0.29, 0.717) is 6.10 Å². The second-order valence-corrected chi connectivity index (χ2v) is 1.21. The molecule has 3 heteroatoms. The van der Waals surface area contributed by atoms with Gasteiger partial charge in [-0.1, -0.05) is 12.0 Å². The second kappa shape index (κ2) is 4.05. The summed E-state index contributed by atoms with van der Waals surface area (Å²) in [5.74, 6) is 0. The average molecular weight is 105 g/mol. The van der Waals surface area contributed by atoms with Crippen LogP contribution in [-0.4, -0.2) is 5.26 Å². The predicted molar refractivity (Wildman–Crippen MR) is 24.0 cm³/mol. The zero-order valence-electron chi connectivity index (χ0n) is 4.47. The molecule has 0 aromatic rings. The molecule has 43 valence electrons. The minimum atomic E-state index is 0.655. The third kappa shape index (κ3) is 3.72. The second-order valence-electron chi connectivity index (χ2n) is 1.21. The van der Waals surface area contributed by atoms with Crippen molar-refractivity contribution in [3.05, 3.63) is 6.10 Å². The van der Waals surface area contributed by atoms with Crippen LogP contribution in [0, 0.1) is 6.10 Å². The van der Waals surface area contributed by atoms with Crippen molar-refractivity contribution in [3.63, 3.8) is 0 Å². The molecule has 0 amide bonds. The molecule has 0 aliphatic heterocycles. The SMILES string of the molecule is CC[C](C)OOO. The summed E-state index contributed by atoms with van der Waals surface area (Å²) in [6, 6.07) is 0. The summed E-state index contributed by atoms with van der Waals surface area (Å²) in [6.45, 7) is 3.62. The van der Waals surface area contributed by atoms with Crippen LogP contribution in [0.4, 0.5) is 0 Å². The smallest absolute Gasteiger partial charge is 0.135 e. The summed E-state index contributed by atoms with van der Waals surface area (Å²) in [7, 11) is 0. The van der Waals surface area contributed by atoms with E-state index >= 15 is 0 Å². The van der Waals surface area contributed by atoms with Crippen molar-refractivity contribution < 1.29 is 15.2 Å². The maximum atomic E-state index is 7.62. The third-order valence-corrected chi connectivity index (χ3v) is 0.677. The van der Waals surface area contributed by atoms with Crippen LogP contribution in [0.1, 0.15) is 20.3 Å². The molecule has 1 radical (unpaired) electrons. The molecule has 0 aromatic heterocycles. The van der Waals surface area contributed by atoms with Crippen LogP contribution in [-0.2, 0) is 9.93 Å². The van der Waals surface area contributed by atoms with Gasteiger partial charge >= 0.3 is 0 Å². The van der Waals surface area contributed by atoms with E-state index < -0.39 is 0 Å². The average Bonchev–Trinajstić information content (AvgIpc) is 1.68. The van der Waals surface area contributed by atoms with Crippen LogP contribution >= 0.6 is 0 Å². The van der Waals surface area contributed by atoms with Crippen LogP contribution < -0.4 is 0 Å². The molecule has 0 unspecified atom stereocenters. The highest BCUT2D eigenvalue weighted by Crippen LogP contribution is 2.03. The predicted octanol–water partition coefficient (Wildman–Crippen LogP) is 1.37. The van der Waals surface area contributed by atoms with Crippen LogP contribution in [0.25, 0.3) is 0 Å². The molecule has 1 N–H and O–H groups in total. The molecule has 0 heterocycles. The molecule has 7 heavy (non-hydrogen) atoms. The highest BCUT2D eigenvalue weighted by Gasteiger charge is 1.97. The third-order valence-electron chi connectivity index (χ3n) is 0.677. The van der Waals surface area contributed by atoms with Crippen molar-refractivity contribution in [2.75, 3.05) is 0 Å². The lowest BCUT2D eigenvalue weighted by molar-refractivity contribution is -0.485. The van der Waals surface area contributed by atoms with E-state index in [9.17, 15) is 0 Å². The summed E-state index contributed by atoms with van der Waals surface area (Å²) >= 11 is 0. The Balaban J connectivity index is 2.83. The Morgan fingerprint density at radius 3 is 2.43 bits per heavy atom. The van der Waals surface area contributed by atoms with Gasteiger partial charge in [0.15, 0.2) is 0 Å². The lowest BCUT2D eigenvalue weighted by Crippen LogP contribution is -1.94. The zero-order chi connectivity index (χ0) is 5.70. The van der Waals surface area contributed by atoms with Gasteiger partial charge in [-0.25, -0.2) is 5.26 Å². The van der Waals surface area contributed by atoms with Gasteiger partial charge in [-0.05, 0) is 13.3 Å². The van der Waals surface area contributed by atoms with E-state index in [0.717, 1.165) is 6.42 Å². The van der Waals surface area contributed by atoms with E-state index in [-0.39, 0.29) is 0 Å². The van der Waals surface area contributed by atoms with E-state index in [1.807, 2.05) is 6.92 Å². The van der Waals surface area contributed by atoms with Crippen molar-refractivity contribution in [1.29, 1.82) is 0 Å². The highest BCUT2D eigenvalue weighted by molar-refractivity contribution is 4.63. The van der Waals surface area contributed by atoms with Crippen molar-refractivity contribution in [2.24, 2.45) is 0 Å². The van der Waals surface area contributed by atoms with Crippen molar-refractivity contribution >= 4 is 0 Å². The van der Waals surface area contributed by atoms with E-state index in [1.165, 1.54) is 0 Å².